The van der Waals surface area contributed by atoms with Crippen LogP contribution in [-0.2, 0) is 9.59 Å². The zero-order valence-corrected chi connectivity index (χ0v) is 23.2. The van der Waals surface area contributed by atoms with Crippen LogP contribution in [-0.4, -0.2) is 23.5 Å². The minimum absolute atomic E-state index is 0.124. The first-order valence-corrected chi connectivity index (χ1v) is 14.1. The second-order valence-electron chi connectivity index (χ2n) is 9.25. The summed E-state index contributed by atoms with van der Waals surface area (Å²) >= 11 is 1.32. The van der Waals surface area contributed by atoms with E-state index < -0.39 is 17.6 Å². The highest BCUT2D eigenvalue weighted by molar-refractivity contribution is 8.00. The van der Waals surface area contributed by atoms with Crippen molar-refractivity contribution in [3.63, 3.8) is 0 Å². The van der Waals surface area contributed by atoms with Crippen LogP contribution in [0.5, 0.6) is 0 Å². The largest absolute Gasteiger partial charge is 0.325 e. The highest BCUT2D eigenvalue weighted by Gasteiger charge is 2.16. The number of hydrogen-bond acceptors (Lipinski definition) is 4. The Morgan fingerprint density at radius 3 is 2.29 bits per heavy atom. The molecule has 0 atom stereocenters. The van der Waals surface area contributed by atoms with Gasteiger partial charge in [-0.05, 0) is 53.9 Å². The van der Waals surface area contributed by atoms with E-state index in [4.69, 9.17) is 0 Å². The summed E-state index contributed by atoms with van der Waals surface area (Å²) in [4.78, 5) is 39.6. The van der Waals surface area contributed by atoms with Gasteiger partial charge in [0.05, 0.1) is 5.75 Å². The Labute approximate surface area is 246 Å². The lowest BCUT2D eigenvalue weighted by Gasteiger charge is -2.12. The molecule has 0 saturated heterocycles. The molecular weight excluding hydrogens is 549 g/mol. The summed E-state index contributed by atoms with van der Waals surface area (Å²) in [6.07, 6.45) is 1.29. The monoisotopic (exact) mass is 575 g/mol. The van der Waals surface area contributed by atoms with Crippen molar-refractivity contribution in [1.29, 1.82) is 0 Å². The van der Waals surface area contributed by atoms with Crippen molar-refractivity contribution in [2.75, 3.05) is 16.4 Å². The van der Waals surface area contributed by atoms with E-state index >= 15 is 0 Å². The average Bonchev–Trinajstić information content (AvgIpc) is 3.01. The number of nitrogens with one attached hydrogen (secondary N) is 3. The van der Waals surface area contributed by atoms with E-state index in [1.165, 1.54) is 30.0 Å². The molecular formula is C34H26FN3O3S. The average molecular weight is 576 g/mol. The van der Waals surface area contributed by atoms with Gasteiger partial charge in [0, 0.05) is 32.8 Å². The van der Waals surface area contributed by atoms with E-state index in [2.05, 4.69) is 16.0 Å². The Kier molecular flexibility index (Phi) is 9.06. The predicted molar refractivity (Wildman–Crippen MR) is 167 cm³/mol. The van der Waals surface area contributed by atoms with E-state index in [1.54, 1.807) is 60.7 Å². The lowest BCUT2D eigenvalue weighted by atomic mass is 10.1. The van der Waals surface area contributed by atoms with Crippen molar-refractivity contribution in [1.82, 2.24) is 5.32 Å². The van der Waals surface area contributed by atoms with Gasteiger partial charge in [0.1, 0.15) is 11.5 Å². The number of carbonyl (C=O) groups is 3. The molecule has 8 heteroatoms. The standard InChI is InChI=1S/C34H26FN3O3S/c35-29-18-7-5-13-25(29)20-31(38-33(40)24-11-2-1-3-12-24)34(41)36-26-15-9-16-27(21-26)42-22-32(39)37-30-19-8-14-23-10-4-6-17-28(23)30/h1-21H,22H2,(H,36,41)(H,37,39)(H,38,40)/b31-20-. The Hall–Kier alpha value is -5.21. The third-order valence-electron chi connectivity index (χ3n) is 6.26. The van der Waals surface area contributed by atoms with E-state index in [0.29, 0.717) is 11.3 Å². The van der Waals surface area contributed by atoms with Crippen molar-refractivity contribution in [2.24, 2.45) is 0 Å². The van der Waals surface area contributed by atoms with Gasteiger partial charge in [-0.15, -0.1) is 11.8 Å². The number of thioether (sulfide) groups is 1. The van der Waals surface area contributed by atoms with E-state index in [9.17, 15) is 18.8 Å². The van der Waals surface area contributed by atoms with Gasteiger partial charge in [0.2, 0.25) is 5.91 Å². The zero-order valence-electron chi connectivity index (χ0n) is 22.3. The molecule has 0 radical (unpaired) electrons. The predicted octanol–water partition coefficient (Wildman–Crippen LogP) is 7.12. The number of fused-ring (bicyclic) bond motifs is 1. The maximum atomic E-state index is 14.4. The van der Waals surface area contributed by atoms with Crippen LogP contribution in [0, 0.1) is 5.82 Å². The fourth-order valence-electron chi connectivity index (χ4n) is 4.22. The van der Waals surface area contributed by atoms with Gasteiger partial charge in [-0.2, -0.15) is 0 Å². The van der Waals surface area contributed by atoms with Crippen LogP contribution in [0.15, 0.2) is 132 Å². The third-order valence-corrected chi connectivity index (χ3v) is 7.25. The Bertz CT molecular complexity index is 1780. The molecule has 5 rings (SSSR count). The second kappa shape index (κ2) is 13.4. The molecule has 0 saturated carbocycles. The van der Waals surface area contributed by atoms with Crippen molar-refractivity contribution in [3.05, 3.63) is 144 Å². The van der Waals surface area contributed by atoms with Gasteiger partial charge in [-0.25, -0.2) is 4.39 Å². The highest BCUT2D eigenvalue weighted by Crippen LogP contribution is 2.25. The van der Waals surface area contributed by atoms with E-state index in [0.717, 1.165) is 21.4 Å². The third kappa shape index (κ3) is 7.30. The molecule has 5 aromatic rings. The number of amides is 3. The van der Waals surface area contributed by atoms with Crippen LogP contribution >= 0.6 is 11.8 Å². The van der Waals surface area contributed by atoms with Crippen LogP contribution in [0.1, 0.15) is 15.9 Å². The van der Waals surface area contributed by atoms with E-state index in [-0.39, 0.29) is 22.9 Å². The molecule has 5 aromatic carbocycles. The molecule has 0 bridgehead atoms. The Balaban J connectivity index is 1.27. The summed E-state index contributed by atoms with van der Waals surface area (Å²) in [5.41, 5.74) is 1.57. The molecule has 3 amide bonds. The number of halogens is 1. The lowest BCUT2D eigenvalue weighted by molar-refractivity contribution is -0.114. The maximum Gasteiger partial charge on any atom is 0.272 e. The van der Waals surface area contributed by atoms with Crippen LogP contribution < -0.4 is 16.0 Å². The smallest absolute Gasteiger partial charge is 0.272 e. The molecule has 6 nitrogen and oxygen atoms in total. The number of anilines is 2. The van der Waals surface area contributed by atoms with Crippen molar-refractivity contribution < 1.29 is 18.8 Å². The summed E-state index contributed by atoms with van der Waals surface area (Å²) in [7, 11) is 0. The molecule has 208 valence electrons. The normalized spacial score (nSPS) is 11.1. The topological polar surface area (TPSA) is 87.3 Å². The number of carbonyl (C=O) groups excluding carboxylic acids is 3. The van der Waals surface area contributed by atoms with Crippen molar-refractivity contribution in [2.45, 2.75) is 4.90 Å². The summed E-state index contributed by atoms with van der Waals surface area (Å²) in [5, 5.41) is 10.3. The summed E-state index contributed by atoms with van der Waals surface area (Å²) in [6.45, 7) is 0. The Morgan fingerprint density at radius 1 is 0.738 bits per heavy atom. The SMILES string of the molecule is O=C(CSc1cccc(NC(=O)/C(=C/c2ccccc2F)NC(=O)c2ccccc2)c1)Nc1cccc2ccccc12. The van der Waals surface area contributed by atoms with Crippen LogP contribution in [0.2, 0.25) is 0 Å². The number of rotatable bonds is 9. The van der Waals surface area contributed by atoms with Gasteiger partial charge in [0.15, 0.2) is 0 Å². The molecule has 0 aliphatic carbocycles. The van der Waals surface area contributed by atoms with Gasteiger partial charge in [-0.1, -0.05) is 78.9 Å². The quantitative estimate of drug-likeness (QED) is 0.129. The van der Waals surface area contributed by atoms with Crippen molar-refractivity contribution in [3.8, 4) is 0 Å². The molecule has 0 aliphatic heterocycles. The van der Waals surface area contributed by atoms with E-state index in [1.807, 2.05) is 48.5 Å². The first-order valence-electron chi connectivity index (χ1n) is 13.1. The number of benzene rings is 5. The summed E-state index contributed by atoms with van der Waals surface area (Å²) in [6, 6.07) is 35.0. The first kappa shape index (κ1) is 28.3. The molecule has 42 heavy (non-hydrogen) atoms. The lowest BCUT2D eigenvalue weighted by Crippen LogP contribution is -2.30. The van der Waals surface area contributed by atoms with Gasteiger partial charge < -0.3 is 16.0 Å². The van der Waals surface area contributed by atoms with Crippen LogP contribution in [0.4, 0.5) is 15.8 Å². The molecule has 0 unspecified atom stereocenters. The fraction of sp³-hybridized carbons (Fsp3) is 0.0294. The van der Waals surface area contributed by atoms with Crippen molar-refractivity contribution >= 4 is 57.7 Å². The molecule has 0 aliphatic rings. The Morgan fingerprint density at radius 2 is 1.45 bits per heavy atom. The highest BCUT2D eigenvalue weighted by atomic mass is 32.2. The van der Waals surface area contributed by atoms with Crippen LogP contribution in [0.25, 0.3) is 16.8 Å². The molecule has 0 spiro atoms. The molecule has 3 N–H and O–H groups in total. The van der Waals surface area contributed by atoms with Crippen LogP contribution in [0.3, 0.4) is 0 Å². The molecule has 0 heterocycles. The first-order chi connectivity index (χ1) is 20.5. The molecule has 0 aromatic heterocycles. The minimum atomic E-state index is -0.626. The van der Waals surface area contributed by atoms with Gasteiger partial charge in [0.25, 0.3) is 11.8 Å². The van der Waals surface area contributed by atoms with Gasteiger partial charge in [-0.3, -0.25) is 14.4 Å². The molecule has 0 fully saturated rings. The maximum absolute atomic E-state index is 14.4. The summed E-state index contributed by atoms with van der Waals surface area (Å²) in [5.74, 6) is -1.67. The fourth-order valence-corrected chi connectivity index (χ4v) is 4.98. The second-order valence-corrected chi connectivity index (χ2v) is 10.3. The summed E-state index contributed by atoms with van der Waals surface area (Å²) < 4.78 is 14.4. The van der Waals surface area contributed by atoms with Gasteiger partial charge >= 0.3 is 0 Å². The number of hydrogen-bond donors (Lipinski definition) is 3. The minimum Gasteiger partial charge on any atom is -0.325 e. The zero-order chi connectivity index (χ0) is 29.3.